The second kappa shape index (κ2) is 25.9. The lowest BCUT2D eigenvalue weighted by atomic mass is 10.0. The largest absolute Gasteiger partial charge is 0.480 e. The summed E-state index contributed by atoms with van der Waals surface area (Å²) in [5.41, 5.74) is 27.2. The summed E-state index contributed by atoms with van der Waals surface area (Å²) < 4.78 is 0. The minimum Gasteiger partial charge on any atom is -0.480 e. The maximum atomic E-state index is 13.6. The molecule has 6 amide bonds. The number of nitrogens with one attached hydrogen (secondary N) is 7. The Kier molecular flexibility index (Phi) is 22.3. The van der Waals surface area contributed by atoms with Gasteiger partial charge >= 0.3 is 5.97 Å². The molecule has 0 unspecified atom stereocenters. The van der Waals surface area contributed by atoms with Crippen LogP contribution in [0, 0.1) is 5.92 Å². The van der Waals surface area contributed by atoms with Crippen molar-refractivity contribution in [1.82, 2.24) is 41.9 Å². The van der Waals surface area contributed by atoms with Gasteiger partial charge in [0.15, 0.2) is 11.9 Å². The number of carbonyl (C=O) groups is 7. The van der Waals surface area contributed by atoms with Gasteiger partial charge in [-0.1, -0.05) is 13.8 Å². The van der Waals surface area contributed by atoms with Crippen LogP contribution in [0.5, 0.6) is 0 Å². The van der Waals surface area contributed by atoms with E-state index in [-0.39, 0.29) is 50.7 Å². The average molecular weight is 828 g/mol. The number of guanidine groups is 2. The molecule has 26 nitrogen and oxygen atoms in total. The van der Waals surface area contributed by atoms with Gasteiger partial charge in [0.05, 0.1) is 32.2 Å². The highest BCUT2D eigenvalue weighted by Gasteiger charge is 2.34. The molecule has 58 heavy (non-hydrogen) atoms. The molecule has 7 atom stereocenters. The van der Waals surface area contributed by atoms with Gasteiger partial charge in [0, 0.05) is 31.4 Å². The number of carboxylic acids is 1. The molecular formula is C32H57N15O11. The molecule has 0 aliphatic carbocycles. The van der Waals surface area contributed by atoms with Crippen LogP contribution in [0.15, 0.2) is 22.5 Å². The van der Waals surface area contributed by atoms with Gasteiger partial charge in [-0.05, 0) is 31.6 Å². The normalized spacial score (nSPS) is 14.5. The van der Waals surface area contributed by atoms with Gasteiger partial charge in [-0.15, -0.1) is 0 Å². The van der Waals surface area contributed by atoms with E-state index in [1.54, 1.807) is 13.8 Å². The molecule has 0 aliphatic rings. The summed E-state index contributed by atoms with van der Waals surface area (Å²) in [6.07, 6.45) is 3.02. The van der Waals surface area contributed by atoms with Crippen molar-refractivity contribution in [3.05, 3.63) is 18.2 Å². The summed E-state index contributed by atoms with van der Waals surface area (Å²) in [6, 6.07) is -10.4. The van der Waals surface area contributed by atoms with Crippen LogP contribution in [0.1, 0.15) is 45.2 Å². The Hall–Kier alpha value is -6.12. The van der Waals surface area contributed by atoms with E-state index >= 15 is 0 Å². The van der Waals surface area contributed by atoms with E-state index in [1.807, 2.05) is 0 Å². The van der Waals surface area contributed by atoms with E-state index < -0.39 is 109 Å². The zero-order valence-electron chi connectivity index (χ0n) is 32.2. The number of hydrogen-bond acceptors (Lipinski definition) is 14. The third-order valence-electron chi connectivity index (χ3n) is 8.17. The monoisotopic (exact) mass is 827 g/mol. The summed E-state index contributed by atoms with van der Waals surface area (Å²) in [4.78, 5) is 105. The predicted octanol–water partition coefficient (Wildman–Crippen LogP) is -7.99. The summed E-state index contributed by atoms with van der Waals surface area (Å²) in [7, 11) is 0. The highest BCUT2D eigenvalue weighted by atomic mass is 16.4. The van der Waals surface area contributed by atoms with Gasteiger partial charge in [0.2, 0.25) is 35.4 Å². The molecule has 1 aromatic heterocycles. The molecule has 1 heterocycles. The fourth-order valence-electron chi connectivity index (χ4n) is 4.97. The highest BCUT2D eigenvalue weighted by molar-refractivity contribution is 5.97. The summed E-state index contributed by atoms with van der Waals surface area (Å²) in [5, 5.41) is 53.0. The summed E-state index contributed by atoms with van der Waals surface area (Å²) >= 11 is 0. The van der Waals surface area contributed by atoms with Gasteiger partial charge in [-0.25, -0.2) is 9.78 Å². The van der Waals surface area contributed by atoms with E-state index in [1.165, 1.54) is 12.5 Å². The Bertz CT molecular complexity index is 1570. The first-order chi connectivity index (χ1) is 27.3. The lowest BCUT2D eigenvalue weighted by Gasteiger charge is -2.27. The van der Waals surface area contributed by atoms with Crippen molar-refractivity contribution in [3.63, 3.8) is 0 Å². The van der Waals surface area contributed by atoms with Crippen LogP contribution in [-0.4, -0.2) is 159 Å². The van der Waals surface area contributed by atoms with Crippen molar-refractivity contribution in [2.24, 2.45) is 44.6 Å². The second-order valence-electron chi connectivity index (χ2n) is 13.2. The third kappa shape index (κ3) is 18.2. The molecule has 326 valence electrons. The fraction of sp³-hybridized carbons (Fsp3) is 0.625. The zero-order chi connectivity index (χ0) is 43.9. The fourth-order valence-corrected chi connectivity index (χ4v) is 4.97. The molecule has 0 spiro atoms. The number of aliphatic carboxylic acids is 1. The minimum atomic E-state index is -1.76. The van der Waals surface area contributed by atoms with Gasteiger partial charge in [0.25, 0.3) is 0 Å². The lowest BCUT2D eigenvalue weighted by Crippen LogP contribution is -2.62. The Labute approximate surface area is 333 Å². The third-order valence-corrected chi connectivity index (χ3v) is 8.17. The SMILES string of the molecule is CC(C)[C@H](NC(=O)[C@H](Cc1cnc[nH]1)NC(=O)[C@H](CO)NC(=O)[C@H](CO)NC(=O)[C@H](CO)NC(=O)[C@@H](N)CCCN=C(N)N)C(=O)N[C@@H](CCCN=C(N)N)C(=O)O. The number of nitrogens with zero attached hydrogens (tertiary/aromatic N) is 3. The van der Waals surface area contributed by atoms with E-state index in [0.29, 0.717) is 12.1 Å². The molecular weight excluding hydrogens is 770 g/mol. The van der Waals surface area contributed by atoms with Crippen LogP contribution in [0.2, 0.25) is 0 Å². The number of carboxylic acid groups (broad SMARTS) is 1. The first-order valence-corrected chi connectivity index (χ1v) is 18.1. The molecule has 0 saturated heterocycles. The standard InChI is InChI=1S/C32H57N15O11/c1-15(2)23(29(56)42-18(30(57)58)6-4-8-40-32(36)37)47-25(52)19(9-16-10-38-14-41-16)43-26(53)21(12-49)45-28(55)22(13-50)46-27(54)20(11-48)44-24(51)17(33)5-3-7-39-31(34)35/h10,14-15,17-23,48-50H,3-9,11-13,33H2,1-2H3,(H,38,41)(H,42,56)(H,43,53)(H,44,51)(H,45,55)(H,46,54)(H,47,52)(H,57,58)(H4,34,35,39)(H4,36,37,40)/t17-,18-,19-,20-,21-,22-,23-/m0/s1. The summed E-state index contributed by atoms with van der Waals surface area (Å²) in [6.45, 7) is 0.464. The predicted molar refractivity (Wildman–Crippen MR) is 205 cm³/mol. The van der Waals surface area contributed by atoms with Crippen molar-refractivity contribution >= 4 is 53.3 Å². The Balaban J connectivity index is 3.05. The quantitative estimate of drug-likeness (QED) is 0.0222. The van der Waals surface area contributed by atoms with Gasteiger partial charge in [0.1, 0.15) is 36.3 Å². The van der Waals surface area contributed by atoms with Crippen LogP contribution in [0.25, 0.3) is 0 Å². The molecule has 0 aliphatic heterocycles. The molecule has 1 aromatic rings. The van der Waals surface area contributed by atoms with Crippen LogP contribution < -0.4 is 60.6 Å². The van der Waals surface area contributed by atoms with Crippen LogP contribution in [0.4, 0.5) is 0 Å². The molecule has 0 radical (unpaired) electrons. The zero-order valence-corrected chi connectivity index (χ0v) is 32.2. The Morgan fingerprint density at radius 3 is 1.50 bits per heavy atom. The molecule has 1 rings (SSSR count). The van der Waals surface area contributed by atoms with Gasteiger partial charge < -0.3 is 86.0 Å². The number of carbonyl (C=O) groups excluding carboxylic acids is 6. The number of rotatable bonds is 27. The van der Waals surface area contributed by atoms with E-state index in [2.05, 4.69) is 51.9 Å². The number of aliphatic hydroxyl groups is 3. The molecule has 0 aromatic carbocycles. The van der Waals surface area contributed by atoms with Gasteiger partial charge in [-0.2, -0.15) is 0 Å². The molecule has 26 heteroatoms. The molecule has 0 fully saturated rings. The lowest BCUT2D eigenvalue weighted by molar-refractivity contribution is -0.142. The minimum absolute atomic E-state index is 0.0405. The number of aliphatic hydroxyl groups excluding tert-OH is 3. The molecule has 0 saturated carbocycles. The van der Waals surface area contributed by atoms with Crippen molar-refractivity contribution in [1.29, 1.82) is 0 Å². The van der Waals surface area contributed by atoms with Crippen LogP contribution >= 0.6 is 0 Å². The number of hydrogen-bond donors (Lipinski definition) is 16. The van der Waals surface area contributed by atoms with Crippen molar-refractivity contribution in [3.8, 4) is 0 Å². The number of aliphatic imine (C=N–C) groups is 2. The second-order valence-corrected chi connectivity index (χ2v) is 13.2. The number of amides is 6. The maximum absolute atomic E-state index is 13.6. The number of aromatic amines is 1. The van der Waals surface area contributed by atoms with Crippen molar-refractivity contribution < 1.29 is 54.0 Å². The molecule has 0 bridgehead atoms. The smallest absolute Gasteiger partial charge is 0.326 e. The average Bonchev–Trinajstić information content (AvgIpc) is 3.68. The van der Waals surface area contributed by atoms with Crippen LogP contribution in [0.3, 0.4) is 0 Å². The first kappa shape index (κ1) is 49.9. The number of aromatic nitrogens is 2. The number of H-pyrrole nitrogens is 1. The first-order valence-electron chi connectivity index (χ1n) is 18.1. The van der Waals surface area contributed by atoms with E-state index in [9.17, 15) is 54.0 Å². The maximum Gasteiger partial charge on any atom is 0.326 e. The van der Waals surface area contributed by atoms with Crippen molar-refractivity contribution in [2.45, 2.75) is 88.2 Å². The Morgan fingerprint density at radius 2 is 1.09 bits per heavy atom. The van der Waals surface area contributed by atoms with Gasteiger partial charge in [-0.3, -0.25) is 38.8 Å². The van der Waals surface area contributed by atoms with E-state index in [0.717, 1.165) is 0 Å². The Morgan fingerprint density at radius 1 is 0.655 bits per heavy atom. The topological polar surface area (TPSA) is 456 Å². The number of imidazole rings is 1. The van der Waals surface area contributed by atoms with E-state index in [4.69, 9.17) is 28.7 Å². The number of nitrogens with two attached hydrogens (primary N) is 5. The van der Waals surface area contributed by atoms with Crippen LogP contribution in [-0.2, 0) is 40.0 Å². The van der Waals surface area contributed by atoms with Crippen molar-refractivity contribution in [2.75, 3.05) is 32.9 Å². The summed E-state index contributed by atoms with van der Waals surface area (Å²) in [5.74, 6) is -8.23. The highest BCUT2D eigenvalue weighted by Crippen LogP contribution is 2.08. The molecule has 21 N–H and O–H groups in total.